The molecule has 0 saturated heterocycles. The molecule has 0 radical (unpaired) electrons. The number of rotatable bonds is 9. The Labute approximate surface area is 125 Å². The first-order valence-electron chi connectivity index (χ1n) is 6.89. The van der Waals surface area contributed by atoms with Gasteiger partial charge in [0.05, 0.1) is 19.6 Å². The smallest absolute Gasteiger partial charge is 0.325 e. The van der Waals surface area contributed by atoms with Crippen LogP contribution in [0.2, 0.25) is 0 Å². The fourth-order valence-electron chi connectivity index (χ4n) is 1.70. The number of hydrogen-bond donors (Lipinski definition) is 0. The Hall–Kier alpha value is -2.30. The predicted molar refractivity (Wildman–Crippen MR) is 80.0 cm³/mol. The summed E-state index contributed by atoms with van der Waals surface area (Å²) < 4.78 is 10.3. The highest BCUT2D eigenvalue weighted by Gasteiger charge is 2.16. The van der Waals surface area contributed by atoms with Gasteiger partial charge in [-0.05, 0) is 19.1 Å². The zero-order chi connectivity index (χ0) is 15.5. The van der Waals surface area contributed by atoms with E-state index < -0.39 is 5.97 Å². The van der Waals surface area contributed by atoms with E-state index in [1.807, 2.05) is 30.3 Å². The van der Waals surface area contributed by atoms with Crippen molar-refractivity contribution in [1.82, 2.24) is 4.90 Å². The Morgan fingerprint density at radius 1 is 1.29 bits per heavy atom. The number of hydrogen-bond acceptors (Lipinski definition) is 4. The SMILES string of the molecule is C=CCN(CC(=O)OCC)C(=O)CCOc1ccccc1. The molecule has 21 heavy (non-hydrogen) atoms. The zero-order valence-corrected chi connectivity index (χ0v) is 12.3. The number of esters is 1. The lowest BCUT2D eigenvalue weighted by Gasteiger charge is -2.20. The molecule has 1 aromatic rings. The quantitative estimate of drug-likeness (QED) is 0.516. The lowest BCUT2D eigenvalue weighted by Crippen LogP contribution is -2.37. The third-order valence-corrected chi connectivity index (χ3v) is 2.66. The molecule has 0 aromatic heterocycles. The Morgan fingerprint density at radius 2 is 2.00 bits per heavy atom. The second kappa shape index (κ2) is 9.58. The van der Waals surface area contributed by atoms with Gasteiger partial charge in [0, 0.05) is 6.54 Å². The van der Waals surface area contributed by atoms with E-state index in [0.717, 1.165) is 0 Å². The van der Waals surface area contributed by atoms with Crippen LogP contribution >= 0.6 is 0 Å². The topological polar surface area (TPSA) is 55.8 Å². The van der Waals surface area contributed by atoms with Crippen molar-refractivity contribution in [3.05, 3.63) is 43.0 Å². The van der Waals surface area contributed by atoms with Gasteiger partial charge in [0.2, 0.25) is 5.91 Å². The number of carbonyl (C=O) groups excluding carboxylic acids is 2. The van der Waals surface area contributed by atoms with Crippen molar-refractivity contribution in [2.75, 3.05) is 26.3 Å². The zero-order valence-electron chi connectivity index (χ0n) is 12.3. The van der Waals surface area contributed by atoms with Crippen molar-refractivity contribution in [3.8, 4) is 5.75 Å². The molecule has 0 spiro atoms. The van der Waals surface area contributed by atoms with Crippen molar-refractivity contribution in [3.63, 3.8) is 0 Å². The van der Waals surface area contributed by atoms with E-state index in [1.165, 1.54) is 4.90 Å². The average molecular weight is 291 g/mol. The molecule has 5 heteroatoms. The van der Waals surface area contributed by atoms with Gasteiger partial charge < -0.3 is 14.4 Å². The van der Waals surface area contributed by atoms with Gasteiger partial charge in [-0.25, -0.2) is 0 Å². The minimum atomic E-state index is -0.420. The molecule has 0 bridgehead atoms. The normalized spacial score (nSPS) is 9.76. The van der Waals surface area contributed by atoms with Crippen molar-refractivity contribution in [2.45, 2.75) is 13.3 Å². The highest BCUT2D eigenvalue weighted by Crippen LogP contribution is 2.08. The van der Waals surface area contributed by atoms with Gasteiger partial charge in [-0.15, -0.1) is 6.58 Å². The summed E-state index contributed by atoms with van der Waals surface area (Å²) in [5, 5.41) is 0. The first-order chi connectivity index (χ1) is 10.2. The largest absolute Gasteiger partial charge is 0.493 e. The van der Waals surface area contributed by atoms with Crippen LogP contribution < -0.4 is 4.74 Å². The van der Waals surface area contributed by atoms with Crippen molar-refractivity contribution in [2.24, 2.45) is 0 Å². The summed E-state index contributed by atoms with van der Waals surface area (Å²) in [7, 11) is 0. The molecule has 5 nitrogen and oxygen atoms in total. The van der Waals surface area contributed by atoms with Crippen LogP contribution in [0.1, 0.15) is 13.3 Å². The van der Waals surface area contributed by atoms with Crippen LogP contribution in [0.5, 0.6) is 5.75 Å². The summed E-state index contributed by atoms with van der Waals surface area (Å²) in [4.78, 5) is 24.9. The van der Waals surface area contributed by atoms with Crippen LogP contribution in [0.3, 0.4) is 0 Å². The molecule has 0 heterocycles. The second-order valence-electron chi connectivity index (χ2n) is 4.28. The van der Waals surface area contributed by atoms with Crippen LogP contribution in [-0.4, -0.2) is 43.1 Å². The van der Waals surface area contributed by atoms with Gasteiger partial charge in [-0.3, -0.25) is 9.59 Å². The Kier molecular flexibility index (Phi) is 7.64. The maximum absolute atomic E-state index is 12.1. The van der Waals surface area contributed by atoms with Crippen LogP contribution in [0.25, 0.3) is 0 Å². The van der Waals surface area contributed by atoms with E-state index in [9.17, 15) is 9.59 Å². The van der Waals surface area contributed by atoms with Crippen LogP contribution in [-0.2, 0) is 14.3 Å². The average Bonchev–Trinajstić information content (AvgIpc) is 2.48. The number of amides is 1. The molecule has 114 valence electrons. The molecule has 1 amide bonds. The number of benzene rings is 1. The Morgan fingerprint density at radius 3 is 2.62 bits per heavy atom. The summed E-state index contributed by atoms with van der Waals surface area (Å²) in [5.74, 6) is 0.126. The van der Waals surface area contributed by atoms with Crippen molar-refractivity contribution in [1.29, 1.82) is 0 Å². The van der Waals surface area contributed by atoms with E-state index in [1.54, 1.807) is 13.0 Å². The highest BCUT2D eigenvalue weighted by molar-refractivity contribution is 5.82. The first-order valence-corrected chi connectivity index (χ1v) is 6.89. The molecule has 0 unspecified atom stereocenters. The molecule has 0 saturated carbocycles. The number of para-hydroxylation sites is 1. The van der Waals surface area contributed by atoms with E-state index in [-0.39, 0.29) is 25.5 Å². The van der Waals surface area contributed by atoms with Crippen molar-refractivity contribution < 1.29 is 19.1 Å². The number of carbonyl (C=O) groups is 2. The summed E-state index contributed by atoms with van der Waals surface area (Å²) in [6.45, 7) is 6.12. The molecular formula is C16H21NO4. The molecule has 0 aliphatic carbocycles. The number of nitrogens with zero attached hydrogens (tertiary/aromatic N) is 1. The molecule has 0 atom stereocenters. The third-order valence-electron chi connectivity index (χ3n) is 2.66. The first kappa shape index (κ1) is 16.8. The lowest BCUT2D eigenvalue weighted by molar-refractivity contribution is -0.148. The van der Waals surface area contributed by atoms with Crippen LogP contribution in [0.4, 0.5) is 0 Å². The lowest BCUT2D eigenvalue weighted by atomic mass is 10.3. The summed E-state index contributed by atoms with van der Waals surface area (Å²) in [6, 6.07) is 9.27. The molecule has 1 rings (SSSR count). The summed E-state index contributed by atoms with van der Waals surface area (Å²) >= 11 is 0. The Balaban J connectivity index is 2.41. The fraction of sp³-hybridized carbons (Fsp3) is 0.375. The predicted octanol–water partition coefficient (Wildman–Crippen LogP) is 2.03. The Bertz CT molecular complexity index is 459. The summed E-state index contributed by atoms with van der Waals surface area (Å²) in [6.07, 6.45) is 1.78. The van der Waals surface area contributed by atoms with E-state index in [4.69, 9.17) is 9.47 Å². The van der Waals surface area contributed by atoms with Crippen LogP contribution in [0.15, 0.2) is 43.0 Å². The molecule has 0 aliphatic heterocycles. The van der Waals surface area contributed by atoms with Gasteiger partial charge in [0.1, 0.15) is 12.3 Å². The highest BCUT2D eigenvalue weighted by atomic mass is 16.5. The second-order valence-corrected chi connectivity index (χ2v) is 4.28. The maximum atomic E-state index is 12.1. The number of ether oxygens (including phenoxy) is 2. The van der Waals surface area contributed by atoms with Gasteiger partial charge in [-0.2, -0.15) is 0 Å². The van der Waals surface area contributed by atoms with E-state index >= 15 is 0 Å². The maximum Gasteiger partial charge on any atom is 0.325 e. The van der Waals surface area contributed by atoms with Gasteiger partial charge >= 0.3 is 5.97 Å². The molecule has 0 fully saturated rings. The van der Waals surface area contributed by atoms with Gasteiger partial charge in [0.25, 0.3) is 0 Å². The van der Waals surface area contributed by atoms with Crippen molar-refractivity contribution >= 4 is 11.9 Å². The molecule has 0 aliphatic rings. The summed E-state index contributed by atoms with van der Waals surface area (Å²) in [5.41, 5.74) is 0. The monoisotopic (exact) mass is 291 g/mol. The minimum absolute atomic E-state index is 0.0654. The van der Waals surface area contributed by atoms with Gasteiger partial charge in [-0.1, -0.05) is 24.3 Å². The third kappa shape index (κ3) is 6.61. The molecular weight excluding hydrogens is 270 g/mol. The molecule has 1 aromatic carbocycles. The van der Waals surface area contributed by atoms with E-state index in [2.05, 4.69) is 6.58 Å². The standard InChI is InChI=1S/C16H21NO4/c1-3-11-17(13-16(19)20-4-2)15(18)10-12-21-14-8-6-5-7-9-14/h3,5-9H,1,4,10-13H2,2H3. The van der Waals surface area contributed by atoms with Crippen LogP contribution in [0, 0.1) is 0 Å². The van der Waals surface area contributed by atoms with Gasteiger partial charge in [0.15, 0.2) is 0 Å². The van der Waals surface area contributed by atoms with E-state index in [0.29, 0.717) is 18.9 Å². The minimum Gasteiger partial charge on any atom is -0.493 e. The molecule has 0 N–H and O–H groups in total. The fourth-order valence-corrected chi connectivity index (χ4v) is 1.70.